The molecular weight excluding hydrogens is 326 g/mol. The van der Waals surface area contributed by atoms with E-state index in [1.807, 2.05) is 19.1 Å². The predicted octanol–water partition coefficient (Wildman–Crippen LogP) is 1.50. The van der Waals surface area contributed by atoms with Gasteiger partial charge < -0.3 is 20.5 Å². The highest BCUT2D eigenvalue weighted by Gasteiger charge is 2.24. The van der Waals surface area contributed by atoms with Crippen molar-refractivity contribution < 1.29 is 29.6 Å². The van der Waals surface area contributed by atoms with Gasteiger partial charge in [-0.3, -0.25) is 9.59 Å². The van der Waals surface area contributed by atoms with E-state index in [1.54, 1.807) is 24.3 Å². The molecule has 7 nitrogen and oxygen atoms in total. The highest BCUT2D eigenvalue weighted by Crippen LogP contribution is 2.26. The van der Waals surface area contributed by atoms with Crippen LogP contribution in [0.3, 0.4) is 0 Å². The summed E-state index contributed by atoms with van der Waals surface area (Å²) in [5, 5.41) is 20.1. The fourth-order valence-corrected chi connectivity index (χ4v) is 2.49. The summed E-state index contributed by atoms with van der Waals surface area (Å²) < 4.78 is 5.93. The number of nitrogens with zero attached hydrogens (tertiary/aromatic N) is 1. The third-order valence-electron chi connectivity index (χ3n) is 3.71. The van der Waals surface area contributed by atoms with Crippen molar-refractivity contribution in [2.75, 3.05) is 0 Å². The van der Waals surface area contributed by atoms with Gasteiger partial charge in [-0.2, -0.15) is 4.73 Å². The van der Waals surface area contributed by atoms with Crippen LogP contribution in [-0.2, 0) is 20.9 Å². The summed E-state index contributed by atoms with van der Waals surface area (Å²) in [5.41, 5.74) is 2.24. The van der Waals surface area contributed by atoms with Crippen molar-refractivity contribution >= 4 is 11.9 Å². The summed E-state index contributed by atoms with van der Waals surface area (Å²) in [6.07, 6.45) is 2.71. The lowest BCUT2D eigenvalue weighted by atomic mass is 9.91. The van der Waals surface area contributed by atoms with Crippen LogP contribution in [0.2, 0.25) is 0 Å². The van der Waals surface area contributed by atoms with Gasteiger partial charge in [0, 0.05) is 12.5 Å². The van der Waals surface area contributed by atoms with Crippen molar-refractivity contribution in [2.24, 2.45) is 0 Å². The Hall–Kier alpha value is -2.93. The fraction of sp³-hybridized carbons (Fsp3) is 0.278. The molecule has 1 atom stereocenters. The lowest BCUT2D eigenvalue weighted by Gasteiger charge is -2.17. The molecule has 0 aliphatic heterocycles. The Balaban J connectivity index is 0.00000312. The molecule has 25 heavy (non-hydrogen) atoms. The maximum absolute atomic E-state index is 12.5. The summed E-state index contributed by atoms with van der Waals surface area (Å²) >= 11 is 0. The van der Waals surface area contributed by atoms with Crippen molar-refractivity contribution in [3.63, 3.8) is 0 Å². The number of hydrogen-bond acceptors (Lipinski definition) is 4. The minimum atomic E-state index is -0.961. The lowest BCUT2D eigenvalue weighted by Crippen LogP contribution is -2.25. The number of carboxylic acid groups (broad SMARTS) is 1. The van der Waals surface area contributed by atoms with Crippen molar-refractivity contribution in [1.29, 1.82) is 0 Å². The van der Waals surface area contributed by atoms with Gasteiger partial charge in [-0.1, -0.05) is 24.3 Å². The van der Waals surface area contributed by atoms with E-state index in [1.165, 1.54) is 12.4 Å². The van der Waals surface area contributed by atoms with E-state index in [4.69, 9.17) is 9.84 Å². The molecular formula is C18H21NO6. The van der Waals surface area contributed by atoms with E-state index in [-0.39, 0.29) is 24.9 Å². The van der Waals surface area contributed by atoms with Crippen LogP contribution in [0.5, 0.6) is 0 Å². The van der Waals surface area contributed by atoms with Gasteiger partial charge >= 0.3 is 11.9 Å². The lowest BCUT2D eigenvalue weighted by molar-refractivity contribution is -0.606. The standard InChI is InChI=1S/C18H19NO5.H2O/c1-13-5-2-3-7-15(13)16(8-9-17(20)21)18(22)24-12-14-6-4-10-19(23)11-14;/h2-7,10-11,16H,8-9,12H2,1H3,(H,20,21);1H2/t16-;/m0./s1. The van der Waals surface area contributed by atoms with E-state index < -0.39 is 17.9 Å². The number of carbonyl (C=O) groups is 2. The molecule has 0 saturated heterocycles. The second kappa shape index (κ2) is 9.39. The van der Waals surface area contributed by atoms with Crippen LogP contribution < -0.4 is 4.73 Å². The summed E-state index contributed by atoms with van der Waals surface area (Å²) in [5.74, 6) is -2.10. The Kier molecular flexibility index (Phi) is 7.55. The molecule has 0 aliphatic carbocycles. The molecule has 0 fully saturated rings. The van der Waals surface area contributed by atoms with Crippen LogP contribution in [-0.4, -0.2) is 22.5 Å². The van der Waals surface area contributed by atoms with Crippen LogP contribution in [0.25, 0.3) is 0 Å². The van der Waals surface area contributed by atoms with Gasteiger partial charge in [0.1, 0.15) is 6.61 Å². The molecule has 1 aromatic heterocycles. The van der Waals surface area contributed by atoms with Crippen molar-refractivity contribution in [1.82, 2.24) is 0 Å². The Bertz CT molecular complexity index is 731. The second-order valence-electron chi connectivity index (χ2n) is 5.52. The minimum Gasteiger partial charge on any atom is -0.619 e. The first-order valence-electron chi connectivity index (χ1n) is 7.59. The zero-order valence-corrected chi connectivity index (χ0v) is 13.8. The van der Waals surface area contributed by atoms with E-state index in [9.17, 15) is 14.8 Å². The predicted molar refractivity (Wildman–Crippen MR) is 89.6 cm³/mol. The number of aliphatic carboxylic acids is 1. The van der Waals surface area contributed by atoms with Crippen LogP contribution in [0.15, 0.2) is 48.8 Å². The number of carbonyl (C=O) groups excluding carboxylic acids is 1. The molecule has 0 bridgehead atoms. The number of aromatic nitrogens is 1. The molecule has 0 amide bonds. The first kappa shape index (κ1) is 20.1. The van der Waals surface area contributed by atoms with Gasteiger partial charge in [0.15, 0.2) is 12.4 Å². The van der Waals surface area contributed by atoms with E-state index in [0.717, 1.165) is 11.1 Å². The minimum absolute atomic E-state index is 0. The summed E-state index contributed by atoms with van der Waals surface area (Å²) in [6.45, 7) is 1.84. The number of benzene rings is 1. The summed E-state index contributed by atoms with van der Waals surface area (Å²) in [6, 6.07) is 10.6. The molecule has 0 aliphatic rings. The van der Waals surface area contributed by atoms with Crippen LogP contribution in [0.1, 0.15) is 35.4 Å². The van der Waals surface area contributed by atoms with Crippen LogP contribution in [0, 0.1) is 12.1 Å². The first-order valence-corrected chi connectivity index (χ1v) is 7.59. The normalized spacial score (nSPS) is 11.2. The topological polar surface area (TPSA) is 122 Å². The molecule has 134 valence electrons. The number of pyridine rings is 1. The van der Waals surface area contributed by atoms with Crippen molar-refractivity contribution in [3.05, 3.63) is 70.7 Å². The molecule has 3 N–H and O–H groups in total. The number of carboxylic acids is 1. The number of rotatable bonds is 7. The maximum Gasteiger partial charge on any atom is 0.313 e. The van der Waals surface area contributed by atoms with Gasteiger partial charge in [0.25, 0.3) is 0 Å². The molecule has 1 aromatic carbocycles. The van der Waals surface area contributed by atoms with Crippen molar-refractivity contribution in [3.8, 4) is 0 Å². The first-order chi connectivity index (χ1) is 11.5. The van der Waals surface area contributed by atoms with Gasteiger partial charge in [0.05, 0.1) is 11.5 Å². The highest BCUT2D eigenvalue weighted by molar-refractivity contribution is 5.79. The van der Waals surface area contributed by atoms with E-state index in [2.05, 4.69) is 0 Å². The number of esters is 1. The molecule has 0 spiro atoms. The zero-order chi connectivity index (χ0) is 17.5. The number of hydrogen-bond donors (Lipinski definition) is 1. The third-order valence-corrected chi connectivity index (χ3v) is 3.71. The van der Waals surface area contributed by atoms with Crippen molar-refractivity contribution in [2.45, 2.75) is 32.3 Å². The second-order valence-corrected chi connectivity index (χ2v) is 5.52. The Morgan fingerprint density at radius 2 is 1.96 bits per heavy atom. The summed E-state index contributed by atoms with van der Waals surface area (Å²) in [4.78, 5) is 23.3. The summed E-state index contributed by atoms with van der Waals surface area (Å²) in [7, 11) is 0. The molecule has 0 unspecified atom stereocenters. The highest BCUT2D eigenvalue weighted by atomic mass is 16.5. The van der Waals surface area contributed by atoms with E-state index in [0.29, 0.717) is 10.3 Å². The van der Waals surface area contributed by atoms with Crippen LogP contribution >= 0.6 is 0 Å². The van der Waals surface area contributed by atoms with Gasteiger partial charge in [-0.15, -0.1) is 0 Å². The number of aryl methyl sites for hydroxylation is 1. The zero-order valence-electron chi connectivity index (χ0n) is 13.8. The third kappa shape index (κ3) is 5.89. The average Bonchev–Trinajstić information content (AvgIpc) is 2.54. The largest absolute Gasteiger partial charge is 0.619 e. The molecule has 0 radical (unpaired) electrons. The Labute approximate surface area is 145 Å². The van der Waals surface area contributed by atoms with Gasteiger partial charge in [-0.05, 0) is 30.5 Å². The number of ether oxygens (including phenoxy) is 1. The van der Waals surface area contributed by atoms with Gasteiger partial charge in [0.2, 0.25) is 0 Å². The van der Waals surface area contributed by atoms with Gasteiger partial charge in [-0.25, -0.2) is 0 Å². The van der Waals surface area contributed by atoms with Crippen LogP contribution in [0.4, 0.5) is 0 Å². The molecule has 7 heteroatoms. The Morgan fingerprint density at radius 3 is 2.60 bits per heavy atom. The molecule has 2 aromatic rings. The smallest absolute Gasteiger partial charge is 0.313 e. The Morgan fingerprint density at radius 1 is 1.24 bits per heavy atom. The average molecular weight is 347 g/mol. The maximum atomic E-state index is 12.5. The molecule has 2 rings (SSSR count). The SMILES string of the molecule is Cc1ccccc1[C@H](CCC(=O)O)C(=O)OCc1ccc[n+]([O-])c1.O. The fourth-order valence-electron chi connectivity index (χ4n) is 2.49. The van der Waals surface area contributed by atoms with E-state index >= 15 is 0 Å². The molecule has 0 saturated carbocycles. The molecule has 1 heterocycles. The quantitative estimate of drug-likeness (QED) is 0.462. The monoisotopic (exact) mass is 347 g/mol.